The molecule has 0 spiro atoms. The molecule has 4 rings (SSSR count). The lowest BCUT2D eigenvalue weighted by atomic mass is 9.96. The molecule has 1 fully saturated rings. The third-order valence-corrected chi connectivity index (χ3v) is 6.12. The van der Waals surface area contributed by atoms with Crippen molar-refractivity contribution in [2.45, 2.75) is 19.8 Å². The molecule has 1 saturated heterocycles. The van der Waals surface area contributed by atoms with Crippen LogP contribution < -0.4 is 9.80 Å². The van der Waals surface area contributed by atoms with Crippen molar-refractivity contribution in [2.24, 2.45) is 5.92 Å². The van der Waals surface area contributed by atoms with Crippen LogP contribution in [0.25, 0.3) is 5.57 Å². The number of anilines is 2. The highest BCUT2D eigenvalue weighted by atomic mass is 16.3. The Labute approximate surface area is 183 Å². The second-order valence-electron chi connectivity index (χ2n) is 8.58. The van der Waals surface area contributed by atoms with E-state index in [1.165, 1.54) is 4.90 Å². The smallest absolute Gasteiger partial charge is 0.282 e. The maximum Gasteiger partial charge on any atom is 0.282 e. The summed E-state index contributed by atoms with van der Waals surface area (Å²) in [5, 5.41) is 9.67. The van der Waals surface area contributed by atoms with Crippen LogP contribution in [-0.2, 0) is 9.59 Å². The van der Waals surface area contributed by atoms with E-state index in [4.69, 9.17) is 0 Å². The zero-order valence-electron chi connectivity index (χ0n) is 18.3. The summed E-state index contributed by atoms with van der Waals surface area (Å²) >= 11 is 0. The van der Waals surface area contributed by atoms with Gasteiger partial charge >= 0.3 is 0 Å². The first-order chi connectivity index (χ1) is 14.9. The van der Waals surface area contributed by atoms with Crippen molar-refractivity contribution in [3.63, 3.8) is 0 Å². The molecule has 0 aliphatic carbocycles. The number of carbonyl (C=O) groups is 2. The van der Waals surface area contributed by atoms with E-state index >= 15 is 0 Å². The number of hydrogen-bond donors (Lipinski definition) is 1. The average Bonchev–Trinajstić information content (AvgIpc) is 3.04. The topological polar surface area (TPSA) is 64.1 Å². The maximum atomic E-state index is 13.6. The Hall–Kier alpha value is -3.12. The fraction of sp³-hybridized carbons (Fsp3) is 0.360. The number of benzene rings is 2. The fourth-order valence-corrected chi connectivity index (χ4v) is 4.34. The molecule has 0 radical (unpaired) electrons. The number of piperidine rings is 1. The molecule has 2 aromatic carbocycles. The normalized spacial score (nSPS) is 19.4. The van der Waals surface area contributed by atoms with Gasteiger partial charge in [-0.3, -0.25) is 9.59 Å². The van der Waals surface area contributed by atoms with Gasteiger partial charge in [0.2, 0.25) is 0 Å². The number of rotatable bonds is 5. The van der Waals surface area contributed by atoms with Crippen LogP contribution in [0.15, 0.2) is 54.2 Å². The average molecular weight is 420 g/mol. The number of amides is 2. The Bertz CT molecular complexity index is 1010. The molecule has 2 amide bonds. The lowest BCUT2D eigenvalue weighted by Gasteiger charge is -2.34. The third kappa shape index (κ3) is 3.95. The SMILES string of the molecule is Cc1ccc(C2=C(N3CCCC(CO)C3)C(=O)N(c3ccc(N(C)C)cc3)C2=O)cc1. The van der Waals surface area contributed by atoms with Gasteiger partial charge in [-0.15, -0.1) is 0 Å². The molecule has 0 saturated carbocycles. The van der Waals surface area contributed by atoms with E-state index in [9.17, 15) is 14.7 Å². The summed E-state index contributed by atoms with van der Waals surface area (Å²) in [6, 6.07) is 15.2. The van der Waals surface area contributed by atoms with E-state index in [-0.39, 0.29) is 24.3 Å². The Kier molecular flexibility index (Phi) is 5.83. The second-order valence-corrected chi connectivity index (χ2v) is 8.58. The number of nitrogens with zero attached hydrogens (tertiary/aromatic N) is 3. The lowest BCUT2D eigenvalue weighted by molar-refractivity contribution is -0.120. The second kappa shape index (κ2) is 8.55. The Morgan fingerprint density at radius 1 is 1.00 bits per heavy atom. The van der Waals surface area contributed by atoms with Crippen molar-refractivity contribution in [1.29, 1.82) is 0 Å². The van der Waals surface area contributed by atoms with Gasteiger partial charge in [-0.25, -0.2) is 4.90 Å². The standard InChI is InChI=1S/C25H29N3O3/c1-17-6-8-19(9-7-17)22-23(27-14-4-5-18(15-27)16-29)25(31)28(24(22)30)21-12-10-20(11-13-21)26(2)3/h6-13,18,29H,4-5,14-16H2,1-3H3. The molecule has 6 nitrogen and oxygen atoms in total. The minimum Gasteiger partial charge on any atom is -0.396 e. The molecule has 1 atom stereocenters. The first kappa shape index (κ1) is 21.1. The maximum absolute atomic E-state index is 13.6. The predicted octanol–water partition coefficient (Wildman–Crippen LogP) is 3.05. The fourth-order valence-electron chi connectivity index (χ4n) is 4.34. The first-order valence-corrected chi connectivity index (χ1v) is 10.7. The summed E-state index contributed by atoms with van der Waals surface area (Å²) in [6.07, 6.45) is 1.81. The van der Waals surface area contributed by atoms with E-state index in [0.29, 0.717) is 30.0 Å². The van der Waals surface area contributed by atoms with Crippen LogP contribution in [0.1, 0.15) is 24.0 Å². The summed E-state index contributed by atoms with van der Waals surface area (Å²) in [6.45, 7) is 3.36. The van der Waals surface area contributed by atoms with E-state index in [1.54, 1.807) is 0 Å². The van der Waals surface area contributed by atoms with Gasteiger partial charge in [-0.05, 0) is 55.5 Å². The molecule has 0 bridgehead atoms. The van der Waals surface area contributed by atoms with Gasteiger partial charge in [-0.1, -0.05) is 29.8 Å². The van der Waals surface area contributed by atoms with Crippen LogP contribution in [-0.4, -0.2) is 55.6 Å². The number of aryl methyl sites for hydroxylation is 1. The Balaban J connectivity index is 1.77. The van der Waals surface area contributed by atoms with Gasteiger partial charge in [0.15, 0.2) is 0 Å². The predicted molar refractivity (Wildman–Crippen MR) is 123 cm³/mol. The van der Waals surface area contributed by atoms with Gasteiger partial charge < -0.3 is 14.9 Å². The van der Waals surface area contributed by atoms with Crippen LogP contribution in [0.3, 0.4) is 0 Å². The minimum absolute atomic E-state index is 0.0848. The zero-order chi connectivity index (χ0) is 22.1. The first-order valence-electron chi connectivity index (χ1n) is 10.7. The molecule has 31 heavy (non-hydrogen) atoms. The minimum atomic E-state index is -0.299. The van der Waals surface area contributed by atoms with Crippen molar-refractivity contribution >= 4 is 28.8 Å². The number of carbonyl (C=O) groups excluding carboxylic acids is 2. The van der Waals surface area contributed by atoms with Crippen molar-refractivity contribution in [2.75, 3.05) is 43.6 Å². The van der Waals surface area contributed by atoms with Crippen LogP contribution in [0.5, 0.6) is 0 Å². The van der Waals surface area contributed by atoms with E-state index in [1.807, 2.05) is 79.3 Å². The summed E-state index contributed by atoms with van der Waals surface area (Å²) in [5.41, 5.74) is 4.30. The molecule has 2 aromatic rings. The molecule has 0 aromatic heterocycles. The molecule has 1 N–H and O–H groups in total. The number of imide groups is 1. The highest BCUT2D eigenvalue weighted by Gasteiger charge is 2.43. The molecule has 6 heteroatoms. The van der Waals surface area contributed by atoms with E-state index in [2.05, 4.69) is 0 Å². The van der Waals surface area contributed by atoms with Gasteiger partial charge in [0.1, 0.15) is 5.70 Å². The van der Waals surface area contributed by atoms with Crippen LogP contribution in [0, 0.1) is 12.8 Å². The lowest BCUT2D eigenvalue weighted by Crippen LogP contribution is -2.40. The van der Waals surface area contributed by atoms with Crippen LogP contribution >= 0.6 is 0 Å². The molecule has 162 valence electrons. The molecular weight excluding hydrogens is 390 g/mol. The van der Waals surface area contributed by atoms with Gasteiger partial charge in [-0.2, -0.15) is 0 Å². The molecule has 2 aliphatic rings. The molecular formula is C25H29N3O3. The quantitative estimate of drug-likeness (QED) is 0.755. The highest BCUT2D eigenvalue weighted by Crippen LogP contribution is 2.37. The van der Waals surface area contributed by atoms with Gasteiger partial charge in [0, 0.05) is 39.5 Å². The largest absolute Gasteiger partial charge is 0.396 e. The number of aliphatic hydroxyl groups is 1. The molecule has 2 aliphatic heterocycles. The summed E-state index contributed by atoms with van der Waals surface area (Å²) < 4.78 is 0. The van der Waals surface area contributed by atoms with Crippen molar-refractivity contribution in [3.8, 4) is 0 Å². The van der Waals surface area contributed by atoms with Crippen molar-refractivity contribution in [1.82, 2.24) is 4.90 Å². The number of aliphatic hydroxyl groups excluding tert-OH is 1. The Morgan fingerprint density at radius 2 is 1.68 bits per heavy atom. The third-order valence-electron chi connectivity index (χ3n) is 6.12. The van der Waals surface area contributed by atoms with E-state index in [0.717, 1.165) is 29.7 Å². The van der Waals surface area contributed by atoms with E-state index < -0.39 is 0 Å². The molecule has 2 heterocycles. The van der Waals surface area contributed by atoms with Crippen LogP contribution in [0.4, 0.5) is 11.4 Å². The summed E-state index contributed by atoms with van der Waals surface area (Å²) in [5.74, 6) is -0.485. The van der Waals surface area contributed by atoms with Gasteiger partial charge in [0.25, 0.3) is 11.8 Å². The number of likely N-dealkylation sites (tertiary alicyclic amines) is 1. The van der Waals surface area contributed by atoms with Gasteiger partial charge in [0.05, 0.1) is 11.3 Å². The monoisotopic (exact) mass is 419 g/mol. The Morgan fingerprint density at radius 3 is 2.29 bits per heavy atom. The summed E-state index contributed by atoms with van der Waals surface area (Å²) in [4.78, 5) is 32.5. The van der Waals surface area contributed by atoms with Crippen molar-refractivity contribution < 1.29 is 14.7 Å². The van der Waals surface area contributed by atoms with Crippen LogP contribution in [0.2, 0.25) is 0 Å². The number of hydrogen-bond acceptors (Lipinski definition) is 5. The van der Waals surface area contributed by atoms with Crippen molar-refractivity contribution in [3.05, 3.63) is 65.4 Å². The highest BCUT2D eigenvalue weighted by molar-refractivity contribution is 6.45. The summed E-state index contributed by atoms with van der Waals surface area (Å²) in [7, 11) is 3.90. The zero-order valence-corrected chi connectivity index (χ0v) is 18.3. The molecule has 1 unspecified atom stereocenters.